The van der Waals surface area contributed by atoms with Crippen LogP contribution < -0.4 is 10.0 Å². The number of amides is 1. The van der Waals surface area contributed by atoms with E-state index in [1.165, 1.54) is 29.8 Å². The van der Waals surface area contributed by atoms with Crippen molar-refractivity contribution in [3.63, 3.8) is 0 Å². The second kappa shape index (κ2) is 9.56. The van der Waals surface area contributed by atoms with E-state index >= 15 is 0 Å². The van der Waals surface area contributed by atoms with E-state index in [9.17, 15) is 13.2 Å². The molecule has 3 aromatic carbocycles. The summed E-state index contributed by atoms with van der Waals surface area (Å²) in [6.07, 6.45) is 0. The van der Waals surface area contributed by atoms with Gasteiger partial charge in [0.05, 0.1) is 4.90 Å². The molecule has 0 aromatic heterocycles. The number of hydrogen-bond donors (Lipinski definition) is 2. The van der Waals surface area contributed by atoms with Gasteiger partial charge in [0.2, 0.25) is 0 Å². The molecule has 0 atom stereocenters. The number of benzene rings is 3. The molecule has 3 aromatic rings. The maximum absolute atomic E-state index is 12.5. The van der Waals surface area contributed by atoms with Crippen LogP contribution in [0.3, 0.4) is 0 Å². The molecule has 0 aliphatic rings. The van der Waals surface area contributed by atoms with Crippen LogP contribution in [0.25, 0.3) is 0 Å². The van der Waals surface area contributed by atoms with Gasteiger partial charge in [0, 0.05) is 24.3 Å². The van der Waals surface area contributed by atoms with Gasteiger partial charge in [0.25, 0.3) is 15.9 Å². The van der Waals surface area contributed by atoms with Gasteiger partial charge < -0.3 is 10.2 Å². The molecule has 2 N–H and O–H groups in total. The van der Waals surface area contributed by atoms with Crippen LogP contribution in [0.1, 0.15) is 21.5 Å². The molecule has 0 saturated carbocycles. The van der Waals surface area contributed by atoms with E-state index < -0.39 is 10.0 Å². The van der Waals surface area contributed by atoms with Crippen molar-refractivity contribution in [1.29, 1.82) is 0 Å². The molecule has 0 aliphatic carbocycles. The first-order chi connectivity index (χ1) is 14.3. The maximum atomic E-state index is 12.5. The Labute approximate surface area is 177 Å². The fourth-order valence-corrected chi connectivity index (χ4v) is 3.98. The van der Waals surface area contributed by atoms with Crippen molar-refractivity contribution in [2.24, 2.45) is 0 Å². The molecule has 6 nitrogen and oxygen atoms in total. The monoisotopic (exact) mass is 423 g/mol. The molecular weight excluding hydrogens is 398 g/mol. The van der Waals surface area contributed by atoms with Crippen LogP contribution in [0, 0.1) is 0 Å². The maximum Gasteiger partial charge on any atom is 0.261 e. The molecular formula is C23H25N3O3S. The smallest absolute Gasteiger partial charge is 0.261 e. The topological polar surface area (TPSA) is 78.5 Å². The molecule has 156 valence electrons. The van der Waals surface area contributed by atoms with Crippen LogP contribution in [0.2, 0.25) is 0 Å². The lowest BCUT2D eigenvalue weighted by Gasteiger charge is -2.11. The normalized spacial score (nSPS) is 11.3. The Kier molecular flexibility index (Phi) is 6.87. The molecule has 0 unspecified atom stereocenters. The lowest BCUT2D eigenvalue weighted by molar-refractivity contribution is 0.0951. The molecule has 1 amide bonds. The first kappa shape index (κ1) is 21.5. The molecule has 0 heterocycles. The third-order valence-corrected chi connectivity index (χ3v) is 5.82. The zero-order valence-electron chi connectivity index (χ0n) is 17.0. The number of nitrogens with one attached hydrogen (secondary N) is 2. The van der Waals surface area contributed by atoms with Crippen LogP contribution in [0.15, 0.2) is 83.8 Å². The number of hydrogen-bond acceptors (Lipinski definition) is 4. The Hall–Kier alpha value is -3.16. The van der Waals surface area contributed by atoms with Gasteiger partial charge in [0.15, 0.2) is 0 Å². The minimum absolute atomic E-state index is 0.0967. The predicted octanol–water partition coefficient (Wildman–Crippen LogP) is 3.48. The van der Waals surface area contributed by atoms with Gasteiger partial charge in [-0.05, 0) is 61.6 Å². The number of carbonyl (C=O) groups is 1. The van der Waals surface area contributed by atoms with Gasteiger partial charge in [0.1, 0.15) is 0 Å². The van der Waals surface area contributed by atoms with Crippen molar-refractivity contribution in [2.75, 3.05) is 18.8 Å². The number of carbonyl (C=O) groups excluding carboxylic acids is 1. The summed E-state index contributed by atoms with van der Waals surface area (Å²) in [4.78, 5) is 14.6. The Bertz CT molecular complexity index is 1080. The molecule has 0 spiro atoms. The second-order valence-corrected chi connectivity index (χ2v) is 8.92. The highest BCUT2D eigenvalue weighted by Gasteiger charge is 2.15. The Morgan fingerprint density at radius 2 is 1.43 bits per heavy atom. The average Bonchev–Trinajstić information content (AvgIpc) is 2.73. The molecule has 0 fully saturated rings. The number of nitrogens with zero attached hydrogens (tertiary/aromatic N) is 1. The van der Waals surface area contributed by atoms with E-state index in [2.05, 4.69) is 14.9 Å². The SMILES string of the molecule is CN(C)Cc1ccc(CNC(=O)c2ccc(S(=O)(=O)Nc3ccccc3)cc2)cc1. The molecule has 0 bridgehead atoms. The lowest BCUT2D eigenvalue weighted by Crippen LogP contribution is -2.23. The van der Waals surface area contributed by atoms with Gasteiger partial charge >= 0.3 is 0 Å². The van der Waals surface area contributed by atoms with E-state index in [4.69, 9.17) is 0 Å². The minimum atomic E-state index is -3.71. The fourth-order valence-electron chi connectivity index (χ4n) is 2.92. The van der Waals surface area contributed by atoms with Crippen molar-refractivity contribution >= 4 is 21.6 Å². The van der Waals surface area contributed by atoms with E-state index in [1.54, 1.807) is 24.3 Å². The van der Waals surface area contributed by atoms with Gasteiger partial charge in [-0.3, -0.25) is 9.52 Å². The molecule has 0 aliphatic heterocycles. The summed E-state index contributed by atoms with van der Waals surface area (Å²) < 4.78 is 27.5. The van der Waals surface area contributed by atoms with Crippen molar-refractivity contribution in [3.05, 3.63) is 95.6 Å². The molecule has 7 heteroatoms. The first-order valence-corrected chi connectivity index (χ1v) is 11.0. The van der Waals surface area contributed by atoms with Gasteiger partial charge in [-0.15, -0.1) is 0 Å². The van der Waals surface area contributed by atoms with E-state index in [1.807, 2.05) is 44.4 Å². The number of anilines is 1. The fraction of sp³-hybridized carbons (Fsp3) is 0.174. The average molecular weight is 424 g/mol. The Morgan fingerprint density at radius 3 is 2.03 bits per heavy atom. The number of para-hydroxylation sites is 1. The van der Waals surface area contributed by atoms with Crippen LogP contribution >= 0.6 is 0 Å². The van der Waals surface area contributed by atoms with E-state index in [0.717, 1.165) is 12.1 Å². The van der Waals surface area contributed by atoms with Crippen LogP contribution in [0.4, 0.5) is 5.69 Å². The standard InChI is InChI=1S/C23H25N3O3S/c1-26(2)17-19-10-8-18(9-11-19)16-24-23(27)20-12-14-22(15-13-20)30(28,29)25-21-6-4-3-5-7-21/h3-15,25H,16-17H2,1-2H3,(H,24,27). The quantitative estimate of drug-likeness (QED) is 0.581. The van der Waals surface area contributed by atoms with Crippen molar-refractivity contribution in [1.82, 2.24) is 10.2 Å². The molecule has 3 rings (SSSR count). The van der Waals surface area contributed by atoms with Crippen molar-refractivity contribution in [3.8, 4) is 0 Å². The second-order valence-electron chi connectivity index (χ2n) is 7.23. The third-order valence-electron chi connectivity index (χ3n) is 4.43. The van der Waals surface area contributed by atoms with Gasteiger partial charge in [-0.2, -0.15) is 0 Å². The summed E-state index contributed by atoms with van der Waals surface area (Å²) in [5.41, 5.74) is 3.09. The van der Waals surface area contributed by atoms with E-state index in [-0.39, 0.29) is 10.8 Å². The van der Waals surface area contributed by atoms with Crippen LogP contribution in [-0.4, -0.2) is 33.3 Å². The number of rotatable bonds is 8. The number of sulfonamides is 1. The Balaban J connectivity index is 1.59. The Morgan fingerprint density at radius 1 is 0.833 bits per heavy atom. The largest absolute Gasteiger partial charge is 0.348 e. The van der Waals surface area contributed by atoms with Crippen molar-refractivity contribution in [2.45, 2.75) is 18.0 Å². The summed E-state index contributed by atoms with van der Waals surface area (Å²) in [5.74, 6) is -0.257. The molecule has 0 saturated heterocycles. The summed E-state index contributed by atoms with van der Waals surface area (Å²) in [6, 6.07) is 22.6. The van der Waals surface area contributed by atoms with Crippen LogP contribution in [0.5, 0.6) is 0 Å². The lowest BCUT2D eigenvalue weighted by atomic mass is 10.1. The van der Waals surface area contributed by atoms with Gasteiger partial charge in [-0.1, -0.05) is 42.5 Å². The predicted molar refractivity (Wildman–Crippen MR) is 119 cm³/mol. The van der Waals surface area contributed by atoms with Gasteiger partial charge in [-0.25, -0.2) is 8.42 Å². The third kappa shape index (κ3) is 5.92. The minimum Gasteiger partial charge on any atom is -0.348 e. The zero-order valence-corrected chi connectivity index (χ0v) is 17.8. The highest BCUT2D eigenvalue weighted by atomic mass is 32.2. The van der Waals surface area contributed by atoms with E-state index in [0.29, 0.717) is 17.8 Å². The first-order valence-electron chi connectivity index (χ1n) is 9.52. The highest BCUT2D eigenvalue weighted by molar-refractivity contribution is 7.92. The molecule has 0 radical (unpaired) electrons. The molecule has 30 heavy (non-hydrogen) atoms. The zero-order chi connectivity index (χ0) is 21.6. The summed E-state index contributed by atoms with van der Waals surface area (Å²) in [5, 5.41) is 2.86. The van der Waals surface area contributed by atoms with Crippen LogP contribution in [-0.2, 0) is 23.1 Å². The highest BCUT2D eigenvalue weighted by Crippen LogP contribution is 2.16. The summed E-state index contributed by atoms with van der Waals surface area (Å²) in [7, 11) is 0.323. The summed E-state index contributed by atoms with van der Waals surface area (Å²) >= 11 is 0. The summed E-state index contributed by atoms with van der Waals surface area (Å²) in [6.45, 7) is 1.26. The van der Waals surface area contributed by atoms with Crippen molar-refractivity contribution < 1.29 is 13.2 Å².